The Balaban J connectivity index is -0.0000000188. The van der Waals surface area contributed by atoms with Gasteiger partial charge in [0.2, 0.25) is 0 Å². The monoisotopic (exact) mass is 1180 g/mol. The molecule has 0 spiro atoms. The highest BCUT2D eigenvalue weighted by molar-refractivity contribution is 4.28. The van der Waals surface area contributed by atoms with Gasteiger partial charge in [-0.2, -0.15) is 0 Å². The molecule has 0 aliphatic heterocycles. The van der Waals surface area contributed by atoms with Gasteiger partial charge < -0.3 is 44.2 Å². The molecule has 0 radical (unpaired) electrons. The smallest absolute Gasteiger partial charge is 0.00804 e. The van der Waals surface area contributed by atoms with Crippen molar-refractivity contribution in [1.82, 2.24) is 21.3 Å². The van der Waals surface area contributed by atoms with Crippen molar-refractivity contribution < 1.29 is 0 Å². The van der Waals surface area contributed by atoms with Gasteiger partial charge in [-0.1, -0.05) is 403 Å². The maximum absolute atomic E-state index is 4.50. The molecule has 0 atom stereocenters. The van der Waals surface area contributed by atoms with Crippen LogP contribution in [0.15, 0.2) is 0 Å². The van der Waals surface area contributed by atoms with Crippen LogP contribution < -0.4 is 44.2 Å². The molecule has 0 rings (SSSR count). The fourth-order valence-electron chi connectivity index (χ4n) is 2.83. The van der Waals surface area contributed by atoms with Crippen LogP contribution in [-0.4, -0.2) is 82.6 Å². The zero-order valence-corrected chi connectivity index (χ0v) is 68.1. The zero-order chi connectivity index (χ0) is 70.6. The Morgan fingerprint density at radius 1 is 0.150 bits per heavy atom. The predicted octanol–water partition coefficient (Wildman–Crippen LogP) is 25.0. The first-order valence-corrected chi connectivity index (χ1v) is 35.9. The van der Waals surface area contributed by atoms with Crippen molar-refractivity contribution >= 4 is 0 Å². The third-order valence-electron chi connectivity index (χ3n) is 7.07. The lowest BCUT2D eigenvalue weighted by Crippen LogP contribution is -2.01. The molecule has 0 saturated heterocycles. The van der Waals surface area contributed by atoms with Gasteiger partial charge in [0.25, 0.3) is 0 Å². The number of nitrogens with one attached hydrogen (secondary N) is 4. The molecule has 0 aliphatic carbocycles. The van der Waals surface area contributed by atoms with Gasteiger partial charge >= 0.3 is 0 Å². The first-order chi connectivity index (χ1) is 39.0. The van der Waals surface area contributed by atoms with Crippen molar-refractivity contribution in [2.24, 2.45) is 22.9 Å². The van der Waals surface area contributed by atoms with Crippen LogP contribution >= 0.6 is 0 Å². The minimum atomic E-state index is 1.07. The highest BCUT2D eigenvalue weighted by Crippen LogP contribution is 1.91. The Bertz CT molecular complexity index is 246. The Labute approximate surface area is 527 Å². The fourth-order valence-corrected chi connectivity index (χ4v) is 2.83. The standard InChI is InChI=1S/8C5H12.4C3H9N.8C2H6.4CH5N/c8*1-3-5-4-2;4*1-3-4-2;12*1-2/h8*3-5H2,1-2H3;4*4H,3H2,1-2H3;8*1-2H3;4*2H2,1H3. The Hall–Kier alpha value is -0.320. The van der Waals surface area contributed by atoms with Crippen LogP contribution in [0.2, 0.25) is 0 Å². The highest BCUT2D eigenvalue weighted by Gasteiger charge is 1.71. The summed E-state index contributed by atoms with van der Waals surface area (Å²) < 4.78 is 0. The van der Waals surface area contributed by atoms with Crippen LogP contribution in [0.5, 0.6) is 0 Å². The van der Waals surface area contributed by atoms with E-state index < -0.39 is 0 Å². The normalized spacial score (nSPS) is 6.60. The fraction of sp³-hybridized carbons (Fsp3) is 1.00. The lowest BCUT2D eigenvalue weighted by Gasteiger charge is -1.79. The Morgan fingerprint density at radius 3 is 0.188 bits per heavy atom. The number of nitrogens with two attached hydrogens (primary N) is 4. The molecule has 0 unspecified atom stereocenters. The second kappa shape index (κ2) is 473. The van der Waals surface area contributed by atoms with Gasteiger partial charge in [-0.15, -0.1) is 0 Å². The van der Waals surface area contributed by atoms with E-state index in [0.717, 1.165) is 26.2 Å². The van der Waals surface area contributed by atoms with E-state index in [9.17, 15) is 0 Å². The first-order valence-electron chi connectivity index (χ1n) is 35.9. The van der Waals surface area contributed by atoms with Crippen molar-refractivity contribution in [3.05, 3.63) is 0 Å². The summed E-state index contributed by atoms with van der Waals surface area (Å²) in [7, 11) is 13.7. The number of rotatable bonds is 20. The van der Waals surface area contributed by atoms with Gasteiger partial charge in [0.1, 0.15) is 0 Å². The molecular formula is C72H200N8. The summed E-state index contributed by atoms with van der Waals surface area (Å²) in [5, 5.41) is 11.7. The minimum Gasteiger partial charge on any atom is -0.333 e. The summed E-state index contributed by atoms with van der Waals surface area (Å²) in [6, 6.07) is 0. The Kier molecular flexibility index (Phi) is 941. The quantitative estimate of drug-likeness (QED) is 0.0600. The molecule has 8 heteroatoms. The highest BCUT2D eigenvalue weighted by atomic mass is 14.8. The van der Waals surface area contributed by atoms with Crippen LogP contribution in [0.4, 0.5) is 0 Å². The van der Waals surface area contributed by atoms with Crippen LogP contribution in [0.25, 0.3) is 0 Å². The van der Waals surface area contributed by atoms with Gasteiger partial charge in [0, 0.05) is 0 Å². The molecule has 0 amide bonds. The van der Waals surface area contributed by atoms with Crippen molar-refractivity contribution in [3.63, 3.8) is 0 Å². The third-order valence-corrected chi connectivity index (χ3v) is 7.07. The van der Waals surface area contributed by atoms with Crippen molar-refractivity contribution in [3.8, 4) is 0 Å². The van der Waals surface area contributed by atoms with Crippen molar-refractivity contribution in [2.45, 2.75) is 403 Å². The molecule has 0 aliphatic rings. The summed E-state index contributed by atoms with van der Waals surface area (Å²) >= 11 is 0. The van der Waals surface area contributed by atoms with E-state index in [1.54, 1.807) is 0 Å². The summed E-state index contributed by atoms with van der Waals surface area (Å²) in [6.07, 6.45) is 32.6. The molecule has 0 fully saturated rings. The van der Waals surface area contributed by atoms with Crippen molar-refractivity contribution in [2.75, 3.05) is 82.6 Å². The van der Waals surface area contributed by atoms with Crippen LogP contribution in [0, 0.1) is 0 Å². The van der Waals surface area contributed by atoms with Crippen molar-refractivity contribution in [1.29, 1.82) is 0 Å². The third kappa shape index (κ3) is 1180. The average Bonchev–Trinajstić information content (AvgIpc) is 3.56. The maximum Gasteiger partial charge on any atom is -0.00804 e. The predicted molar refractivity (Wildman–Crippen MR) is 411 cm³/mol. The van der Waals surface area contributed by atoms with Gasteiger partial charge in [-0.05, 0) is 82.6 Å². The summed E-state index contributed by atoms with van der Waals surface area (Å²) in [6.45, 7) is 79.9. The van der Waals surface area contributed by atoms with Gasteiger partial charge in [-0.25, -0.2) is 0 Å². The van der Waals surface area contributed by atoms with E-state index in [1.807, 2.05) is 139 Å². The molecule has 8 nitrogen and oxygen atoms in total. The van der Waals surface area contributed by atoms with E-state index in [1.165, 1.54) is 182 Å². The first kappa shape index (κ1) is 159. The second-order valence-corrected chi connectivity index (χ2v) is 13.7. The zero-order valence-electron chi connectivity index (χ0n) is 68.1. The maximum atomic E-state index is 4.50. The Morgan fingerprint density at radius 2 is 0.188 bits per heavy atom. The molecule has 0 heterocycles. The molecule has 0 aromatic carbocycles. The van der Waals surface area contributed by atoms with Crippen LogP contribution in [0.1, 0.15) is 403 Å². The van der Waals surface area contributed by atoms with Gasteiger partial charge in [0.15, 0.2) is 0 Å². The number of unbranched alkanes of at least 4 members (excludes halogenated alkanes) is 16. The molecule has 0 aromatic rings. The lowest BCUT2D eigenvalue weighted by molar-refractivity contribution is 0.772. The largest absolute Gasteiger partial charge is 0.333 e. The summed E-state index contributed by atoms with van der Waals surface area (Å²) in [5.74, 6) is 0. The topological polar surface area (TPSA) is 152 Å². The number of hydrogen-bond donors (Lipinski definition) is 8. The molecule has 0 bridgehead atoms. The van der Waals surface area contributed by atoms with Crippen LogP contribution in [-0.2, 0) is 0 Å². The van der Waals surface area contributed by atoms with E-state index in [0.29, 0.717) is 0 Å². The molecule has 0 aromatic heterocycles. The number of hydrogen-bond acceptors (Lipinski definition) is 8. The second-order valence-electron chi connectivity index (χ2n) is 13.7. The van der Waals surface area contributed by atoms with E-state index in [4.69, 9.17) is 0 Å². The minimum absolute atomic E-state index is 1.07. The summed E-state index contributed by atoms with van der Waals surface area (Å²) in [5.41, 5.74) is 18.0. The van der Waals surface area contributed by atoms with E-state index in [2.05, 4.69) is 183 Å². The van der Waals surface area contributed by atoms with E-state index >= 15 is 0 Å². The SMILES string of the molecule is CC.CC.CC.CC.CC.CC.CC.CC.CCCCC.CCCCC.CCCCC.CCCCC.CCCCC.CCCCC.CCCCC.CCCCC.CCNC.CCNC.CCNC.CCNC.CN.CN.CN.CN. The molecule has 0 saturated carbocycles. The van der Waals surface area contributed by atoms with E-state index in [-0.39, 0.29) is 0 Å². The molecule has 528 valence electrons. The van der Waals surface area contributed by atoms with Gasteiger partial charge in [-0.3, -0.25) is 0 Å². The lowest BCUT2D eigenvalue weighted by atomic mass is 10.3. The van der Waals surface area contributed by atoms with Crippen LogP contribution in [0.3, 0.4) is 0 Å². The molecule has 12 N–H and O–H groups in total. The molecule has 80 heavy (non-hydrogen) atoms. The van der Waals surface area contributed by atoms with Gasteiger partial charge in [0.05, 0.1) is 0 Å². The summed E-state index contributed by atoms with van der Waals surface area (Å²) in [4.78, 5) is 0. The molecular weight excluding hydrogens is 977 g/mol. The average molecular weight is 1180 g/mol.